The number of hydrogen-bond donors (Lipinski definition) is 8. The molecule has 0 aliphatic rings. The molecule has 0 heterocycles. The van der Waals surface area contributed by atoms with Gasteiger partial charge in [0, 0.05) is 30.7 Å². The third-order valence-electron chi connectivity index (χ3n) is 4.56. The van der Waals surface area contributed by atoms with Gasteiger partial charge in [0.1, 0.15) is 17.2 Å². The molecule has 0 saturated heterocycles. The molecule has 0 aliphatic heterocycles. The van der Waals surface area contributed by atoms with Crippen LogP contribution < -0.4 is 15.4 Å². The third-order valence-corrected chi connectivity index (χ3v) is 5.15. The van der Waals surface area contributed by atoms with Crippen LogP contribution in [0.2, 0.25) is 0 Å². The molecule has 0 aliphatic carbocycles. The highest BCUT2D eigenvalue weighted by Crippen LogP contribution is 2.28. The van der Waals surface area contributed by atoms with E-state index in [-0.39, 0.29) is 34.5 Å². The molecule has 35 heavy (non-hydrogen) atoms. The van der Waals surface area contributed by atoms with Crippen molar-refractivity contribution in [2.24, 2.45) is 0 Å². The minimum absolute atomic E-state index is 0.0511. The Bertz CT molecular complexity index is 1030. The van der Waals surface area contributed by atoms with Crippen molar-refractivity contribution in [1.29, 1.82) is 0 Å². The minimum atomic E-state index is -3.48. The fourth-order valence-electron chi connectivity index (χ4n) is 2.84. The first-order chi connectivity index (χ1) is 16.0. The van der Waals surface area contributed by atoms with Gasteiger partial charge in [-0.3, -0.25) is 4.72 Å². The lowest BCUT2D eigenvalue weighted by molar-refractivity contribution is 0.162. The summed E-state index contributed by atoms with van der Waals surface area (Å²) in [7, 11) is -3.48. The number of hydrogen-bond acceptors (Lipinski definition) is 9. The van der Waals surface area contributed by atoms with E-state index in [0.29, 0.717) is 24.2 Å². The second-order valence-corrected chi connectivity index (χ2v) is 11.4. The smallest absolute Gasteiger partial charge is 0.229 e. The SMILES string of the molecule is CC(C)(C)NCC(O)c1cc(O)cc(O)c1.CC(C)NCC(O)c1ccc(O)c(NS(C)(=O)=O)c1. The van der Waals surface area contributed by atoms with E-state index >= 15 is 0 Å². The fraction of sp³-hybridized carbons (Fsp3) is 0.500. The predicted octanol–water partition coefficient (Wildman–Crippen LogP) is 2.31. The van der Waals surface area contributed by atoms with Crippen LogP contribution in [0.5, 0.6) is 17.2 Å². The number of sulfonamides is 1. The van der Waals surface area contributed by atoms with Crippen molar-refractivity contribution in [2.45, 2.75) is 58.4 Å². The second kappa shape index (κ2) is 12.9. The largest absolute Gasteiger partial charge is 0.508 e. The fourth-order valence-corrected chi connectivity index (χ4v) is 3.40. The normalized spacial score (nSPS) is 13.6. The van der Waals surface area contributed by atoms with Crippen LogP contribution in [0.25, 0.3) is 0 Å². The maximum atomic E-state index is 11.2. The third kappa shape index (κ3) is 12.6. The summed E-state index contributed by atoms with van der Waals surface area (Å²) in [5.74, 6) is -0.284. The van der Waals surface area contributed by atoms with E-state index in [2.05, 4.69) is 15.4 Å². The van der Waals surface area contributed by atoms with Gasteiger partial charge >= 0.3 is 0 Å². The maximum absolute atomic E-state index is 11.2. The standard InChI is InChI=1S/C12H20N2O4S.C12H19NO3/c1-8(2)13-7-12(16)9-4-5-11(15)10(6-9)14-19(3,17)18;1-12(2,3)13-7-11(16)8-4-9(14)6-10(15)5-8/h4-6,8,12-16H,7H2,1-3H3;4-6,11,13-16H,7H2,1-3H3. The molecule has 2 rings (SSSR count). The molecule has 0 amide bonds. The summed E-state index contributed by atoms with van der Waals surface area (Å²) < 4.78 is 24.5. The molecule has 198 valence electrons. The Morgan fingerprint density at radius 3 is 1.89 bits per heavy atom. The van der Waals surface area contributed by atoms with Gasteiger partial charge in [0.25, 0.3) is 0 Å². The second-order valence-electron chi connectivity index (χ2n) is 9.66. The highest BCUT2D eigenvalue weighted by molar-refractivity contribution is 7.92. The molecule has 2 aromatic carbocycles. The summed E-state index contributed by atoms with van der Waals surface area (Å²) in [6.07, 6.45) is -0.532. The summed E-state index contributed by atoms with van der Waals surface area (Å²) in [6, 6.07) is 8.66. The predicted molar refractivity (Wildman–Crippen MR) is 137 cm³/mol. The monoisotopic (exact) mass is 513 g/mol. The average Bonchev–Trinajstić information content (AvgIpc) is 2.70. The van der Waals surface area contributed by atoms with Crippen molar-refractivity contribution in [1.82, 2.24) is 10.6 Å². The molecule has 0 bridgehead atoms. The number of benzene rings is 2. The van der Waals surface area contributed by atoms with Crippen LogP contribution in [-0.4, -0.2) is 64.9 Å². The lowest BCUT2D eigenvalue weighted by atomic mass is 10.1. The summed E-state index contributed by atoms with van der Waals surface area (Å²) in [4.78, 5) is 0. The number of anilines is 1. The highest BCUT2D eigenvalue weighted by atomic mass is 32.2. The van der Waals surface area contributed by atoms with Gasteiger partial charge in [-0.25, -0.2) is 8.42 Å². The van der Waals surface area contributed by atoms with Gasteiger partial charge in [-0.15, -0.1) is 0 Å². The molecule has 10 nitrogen and oxygen atoms in total. The van der Waals surface area contributed by atoms with Crippen LogP contribution in [0.1, 0.15) is 58.0 Å². The lowest BCUT2D eigenvalue weighted by Crippen LogP contribution is -2.38. The van der Waals surface area contributed by atoms with E-state index < -0.39 is 22.2 Å². The topological polar surface area (TPSA) is 171 Å². The van der Waals surface area contributed by atoms with E-state index in [9.17, 15) is 34.0 Å². The molecule has 0 spiro atoms. The minimum Gasteiger partial charge on any atom is -0.508 e. The van der Waals surface area contributed by atoms with Gasteiger partial charge in [-0.05, 0) is 56.2 Å². The Hall–Kier alpha value is -2.57. The van der Waals surface area contributed by atoms with Crippen molar-refractivity contribution in [3.63, 3.8) is 0 Å². The van der Waals surface area contributed by atoms with Gasteiger partial charge in [-0.2, -0.15) is 0 Å². The zero-order valence-corrected chi connectivity index (χ0v) is 21.9. The van der Waals surface area contributed by atoms with Crippen LogP contribution >= 0.6 is 0 Å². The number of aliphatic hydroxyl groups is 2. The van der Waals surface area contributed by atoms with Crippen molar-refractivity contribution in [2.75, 3.05) is 24.1 Å². The van der Waals surface area contributed by atoms with Crippen LogP contribution in [0, 0.1) is 0 Å². The first-order valence-electron chi connectivity index (χ1n) is 11.1. The van der Waals surface area contributed by atoms with E-state index in [4.69, 9.17) is 0 Å². The van der Waals surface area contributed by atoms with Gasteiger partial charge in [0.2, 0.25) is 10.0 Å². The van der Waals surface area contributed by atoms with Crippen LogP contribution in [0.15, 0.2) is 36.4 Å². The van der Waals surface area contributed by atoms with Crippen molar-refractivity contribution in [3.8, 4) is 17.2 Å². The Kier molecular flexibility index (Phi) is 11.3. The Labute approximate surface area is 207 Å². The van der Waals surface area contributed by atoms with Crippen LogP contribution in [-0.2, 0) is 10.0 Å². The summed E-state index contributed by atoms with van der Waals surface area (Å²) in [6.45, 7) is 10.6. The first-order valence-corrected chi connectivity index (χ1v) is 13.0. The number of phenolic OH excluding ortho intramolecular Hbond substituents is 3. The van der Waals surface area contributed by atoms with Crippen molar-refractivity contribution < 1.29 is 34.0 Å². The van der Waals surface area contributed by atoms with Crippen LogP contribution in [0.4, 0.5) is 5.69 Å². The number of phenols is 3. The molecule has 2 unspecified atom stereocenters. The van der Waals surface area contributed by atoms with Crippen molar-refractivity contribution >= 4 is 15.7 Å². The molecule has 0 fully saturated rings. The highest BCUT2D eigenvalue weighted by Gasteiger charge is 2.15. The average molecular weight is 514 g/mol. The molecular weight excluding hydrogens is 474 g/mol. The number of rotatable bonds is 9. The molecule has 0 radical (unpaired) electrons. The lowest BCUT2D eigenvalue weighted by Gasteiger charge is -2.23. The summed E-state index contributed by atoms with van der Waals surface area (Å²) in [5.41, 5.74) is 0.995. The van der Waals surface area contributed by atoms with E-state index in [1.807, 2.05) is 34.6 Å². The van der Waals surface area contributed by atoms with E-state index in [1.165, 1.54) is 30.3 Å². The maximum Gasteiger partial charge on any atom is 0.229 e. The van der Waals surface area contributed by atoms with E-state index in [1.54, 1.807) is 6.07 Å². The molecule has 8 N–H and O–H groups in total. The summed E-state index contributed by atoms with van der Waals surface area (Å²) in [5, 5.41) is 54.2. The van der Waals surface area contributed by atoms with Crippen molar-refractivity contribution in [3.05, 3.63) is 47.5 Å². The Morgan fingerprint density at radius 2 is 1.40 bits per heavy atom. The molecule has 2 aromatic rings. The Morgan fingerprint density at radius 1 is 0.857 bits per heavy atom. The molecule has 11 heteroatoms. The van der Waals surface area contributed by atoms with E-state index in [0.717, 1.165) is 6.26 Å². The molecule has 2 atom stereocenters. The number of aliphatic hydroxyl groups excluding tert-OH is 2. The van der Waals surface area contributed by atoms with Gasteiger partial charge in [-0.1, -0.05) is 19.9 Å². The zero-order valence-electron chi connectivity index (χ0n) is 21.1. The van der Waals surface area contributed by atoms with Gasteiger partial charge < -0.3 is 36.2 Å². The number of nitrogens with one attached hydrogen (secondary N) is 3. The number of β-amino-alcohol motifs (C(OH)–C–C–N with tert-alkyl or cyclic N) is 1. The summed E-state index contributed by atoms with van der Waals surface area (Å²) >= 11 is 0. The molecule has 0 aromatic heterocycles. The first kappa shape index (κ1) is 30.5. The number of aromatic hydroxyl groups is 3. The quantitative estimate of drug-likeness (QED) is 0.234. The zero-order chi connectivity index (χ0) is 27.0. The molecular formula is C24H39N3O7S. The van der Waals surface area contributed by atoms with Gasteiger partial charge in [0.05, 0.1) is 24.2 Å². The molecule has 0 saturated carbocycles. The Balaban J connectivity index is 0.000000355. The van der Waals surface area contributed by atoms with Crippen LogP contribution in [0.3, 0.4) is 0 Å². The van der Waals surface area contributed by atoms with Gasteiger partial charge in [0.15, 0.2) is 0 Å².